The van der Waals surface area contributed by atoms with E-state index in [0.717, 1.165) is 22.4 Å². The van der Waals surface area contributed by atoms with Crippen LogP contribution in [0.15, 0.2) is 84.3 Å². The molecule has 0 atom stereocenters. The molecule has 0 bridgehead atoms. The molecular weight excluding hydrogens is 498 g/mol. The third-order valence-corrected chi connectivity index (χ3v) is 6.77. The monoisotopic (exact) mass is 521 g/mol. The number of thioether (sulfide) groups is 1. The van der Waals surface area contributed by atoms with E-state index in [9.17, 15) is 4.79 Å². The Bertz CT molecular complexity index is 1270. The second-order valence-corrected chi connectivity index (χ2v) is 9.81. The van der Waals surface area contributed by atoms with Gasteiger partial charge in [-0.2, -0.15) is 0 Å². The van der Waals surface area contributed by atoms with Crippen LogP contribution in [0.2, 0.25) is 5.02 Å². The lowest BCUT2D eigenvalue weighted by atomic mass is 10.0. The predicted molar refractivity (Wildman–Crippen MR) is 149 cm³/mol. The number of benzene rings is 3. The van der Waals surface area contributed by atoms with E-state index in [4.69, 9.17) is 33.3 Å². The number of hydrogen-bond acceptors (Lipinski definition) is 5. The highest BCUT2D eigenvalue weighted by molar-refractivity contribution is 8.27. The van der Waals surface area contributed by atoms with Crippen molar-refractivity contribution in [2.75, 3.05) is 11.5 Å². The van der Waals surface area contributed by atoms with Gasteiger partial charge in [0.15, 0.2) is 15.8 Å². The van der Waals surface area contributed by atoms with Gasteiger partial charge < -0.3 is 9.47 Å². The molecular formula is C28H24ClNO3S2. The molecule has 1 aliphatic heterocycles. The zero-order valence-corrected chi connectivity index (χ0v) is 21.6. The highest BCUT2D eigenvalue weighted by Gasteiger charge is 2.33. The van der Waals surface area contributed by atoms with Crippen LogP contribution in [0, 0.1) is 0 Å². The van der Waals surface area contributed by atoms with Gasteiger partial charge in [-0.3, -0.25) is 9.69 Å². The number of amides is 1. The Hall–Kier alpha value is -3.06. The molecule has 0 aliphatic carbocycles. The first-order valence-electron chi connectivity index (χ1n) is 11.1. The summed E-state index contributed by atoms with van der Waals surface area (Å²) < 4.78 is 12.6. The van der Waals surface area contributed by atoms with Gasteiger partial charge in [-0.15, -0.1) is 6.58 Å². The molecule has 3 aromatic carbocycles. The first-order valence-corrected chi connectivity index (χ1v) is 12.7. The van der Waals surface area contributed by atoms with Gasteiger partial charge in [0.25, 0.3) is 5.91 Å². The van der Waals surface area contributed by atoms with E-state index in [0.29, 0.717) is 45.4 Å². The molecule has 1 fully saturated rings. The number of para-hydroxylation sites is 1. The van der Waals surface area contributed by atoms with E-state index in [1.54, 1.807) is 4.90 Å². The number of halogens is 1. The summed E-state index contributed by atoms with van der Waals surface area (Å²) in [6.07, 6.45) is 4.25. The van der Waals surface area contributed by atoms with Crippen molar-refractivity contribution in [2.24, 2.45) is 0 Å². The number of rotatable bonds is 9. The van der Waals surface area contributed by atoms with E-state index < -0.39 is 0 Å². The molecule has 178 valence electrons. The molecule has 0 saturated carbocycles. The Balaban J connectivity index is 1.65. The van der Waals surface area contributed by atoms with Gasteiger partial charge in [0.2, 0.25) is 0 Å². The fourth-order valence-electron chi connectivity index (χ4n) is 3.66. The van der Waals surface area contributed by atoms with Crippen LogP contribution in [0.25, 0.3) is 6.08 Å². The number of thiocarbonyl (C=S) groups is 1. The molecule has 0 radical (unpaired) electrons. The topological polar surface area (TPSA) is 38.8 Å². The molecule has 0 aromatic heterocycles. The summed E-state index contributed by atoms with van der Waals surface area (Å²) in [6, 6.07) is 20.8. The molecule has 1 aliphatic rings. The molecule has 0 N–H and O–H groups in total. The summed E-state index contributed by atoms with van der Waals surface area (Å²) in [5.74, 6) is 1.14. The van der Waals surface area contributed by atoms with Crippen LogP contribution in [0.1, 0.15) is 23.6 Å². The van der Waals surface area contributed by atoms with Crippen LogP contribution in [-0.4, -0.2) is 16.8 Å². The minimum absolute atomic E-state index is 0.141. The van der Waals surface area contributed by atoms with Crippen LogP contribution in [-0.2, 0) is 17.8 Å². The second-order valence-electron chi connectivity index (χ2n) is 7.70. The zero-order valence-electron chi connectivity index (χ0n) is 19.2. The van der Waals surface area contributed by atoms with Gasteiger partial charge in [-0.25, -0.2) is 0 Å². The lowest BCUT2D eigenvalue weighted by Gasteiger charge is -2.17. The molecule has 3 aromatic rings. The lowest BCUT2D eigenvalue weighted by Crippen LogP contribution is -2.27. The van der Waals surface area contributed by atoms with E-state index >= 15 is 0 Å². The van der Waals surface area contributed by atoms with E-state index in [2.05, 4.69) is 6.58 Å². The second kappa shape index (κ2) is 11.6. The van der Waals surface area contributed by atoms with Crippen molar-refractivity contribution < 1.29 is 14.3 Å². The molecule has 1 heterocycles. The van der Waals surface area contributed by atoms with Crippen molar-refractivity contribution in [3.05, 3.63) is 106 Å². The molecule has 0 spiro atoms. The summed E-state index contributed by atoms with van der Waals surface area (Å²) in [4.78, 5) is 15.3. The van der Waals surface area contributed by atoms with Crippen LogP contribution in [0.4, 0.5) is 5.69 Å². The smallest absolute Gasteiger partial charge is 0.270 e. The Labute approximate surface area is 220 Å². The van der Waals surface area contributed by atoms with Gasteiger partial charge in [-0.05, 0) is 66.9 Å². The summed E-state index contributed by atoms with van der Waals surface area (Å²) in [5.41, 5.74) is 3.50. The van der Waals surface area contributed by atoms with Gasteiger partial charge in [0.1, 0.15) is 6.61 Å². The molecule has 1 saturated heterocycles. The third-order valence-electron chi connectivity index (χ3n) is 5.22. The van der Waals surface area contributed by atoms with Crippen LogP contribution in [0.3, 0.4) is 0 Å². The zero-order chi connectivity index (χ0) is 24.8. The first kappa shape index (κ1) is 25.0. The normalized spacial score (nSPS) is 14.5. The first-order chi connectivity index (χ1) is 17.0. The SMILES string of the molecule is C=CCc1cc(/C=C2/SC(=S)N(c3ccccc3)C2=O)cc(OCC)c1OCc1ccc(Cl)cc1. The molecule has 0 unspecified atom stereocenters. The minimum Gasteiger partial charge on any atom is -0.490 e. The summed E-state index contributed by atoms with van der Waals surface area (Å²) >= 11 is 12.8. The van der Waals surface area contributed by atoms with Gasteiger partial charge in [-0.1, -0.05) is 72.0 Å². The van der Waals surface area contributed by atoms with E-state index in [1.165, 1.54) is 11.8 Å². The van der Waals surface area contributed by atoms with Gasteiger partial charge in [0.05, 0.1) is 17.2 Å². The van der Waals surface area contributed by atoms with Crippen LogP contribution in [0.5, 0.6) is 11.5 Å². The summed E-state index contributed by atoms with van der Waals surface area (Å²) in [6.45, 7) is 6.66. The van der Waals surface area contributed by atoms with Gasteiger partial charge in [0, 0.05) is 10.6 Å². The molecule has 7 heteroatoms. The minimum atomic E-state index is -0.141. The number of hydrogen-bond donors (Lipinski definition) is 0. The molecule has 35 heavy (non-hydrogen) atoms. The van der Waals surface area contributed by atoms with Crippen molar-refractivity contribution >= 4 is 57.6 Å². The van der Waals surface area contributed by atoms with Crippen LogP contribution >= 0.6 is 35.6 Å². The number of anilines is 1. The quantitative estimate of drug-likeness (QED) is 0.166. The van der Waals surface area contributed by atoms with Gasteiger partial charge >= 0.3 is 0 Å². The van der Waals surface area contributed by atoms with Crippen molar-refractivity contribution in [2.45, 2.75) is 20.0 Å². The number of allylic oxidation sites excluding steroid dienone is 1. The van der Waals surface area contributed by atoms with Crippen molar-refractivity contribution in [3.8, 4) is 11.5 Å². The maximum Gasteiger partial charge on any atom is 0.270 e. The molecule has 4 rings (SSSR count). The highest BCUT2D eigenvalue weighted by atomic mass is 35.5. The number of ether oxygens (including phenoxy) is 2. The lowest BCUT2D eigenvalue weighted by molar-refractivity contribution is -0.113. The molecule has 1 amide bonds. The average molecular weight is 522 g/mol. The summed E-state index contributed by atoms with van der Waals surface area (Å²) in [7, 11) is 0. The fraction of sp³-hybridized carbons (Fsp3) is 0.143. The number of carbonyl (C=O) groups is 1. The number of carbonyl (C=O) groups excluding carboxylic acids is 1. The maximum atomic E-state index is 13.2. The summed E-state index contributed by atoms with van der Waals surface area (Å²) in [5, 5.41) is 0.679. The average Bonchev–Trinajstić information content (AvgIpc) is 3.13. The molecule has 4 nitrogen and oxygen atoms in total. The Kier molecular flexibility index (Phi) is 8.29. The Morgan fingerprint density at radius 1 is 1.09 bits per heavy atom. The third kappa shape index (κ3) is 5.96. The standard InChI is InChI=1S/C28H24ClNO3S2/c1-3-8-21-15-20(17-25-27(31)30(28(34)35-25)23-9-6-5-7-10-23)16-24(32-4-2)26(21)33-18-19-11-13-22(29)14-12-19/h3,5-7,9-17H,1,4,8,18H2,2H3/b25-17+. The van der Waals surface area contributed by atoms with Crippen molar-refractivity contribution in [1.29, 1.82) is 0 Å². The number of nitrogens with zero attached hydrogens (tertiary/aromatic N) is 1. The highest BCUT2D eigenvalue weighted by Crippen LogP contribution is 2.39. The maximum absolute atomic E-state index is 13.2. The fourth-order valence-corrected chi connectivity index (χ4v) is 5.08. The van der Waals surface area contributed by atoms with E-state index in [1.807, 2.05) is 85.8 Å². The predicted octanol–water partition coefficient (Wildman–Crippen LogP) is 7.45. The van der Waals surface area contributed by atoms with Crippen LogP contribution < -0.4 is 14.4 Å². The Morgan fingerprint density at radius 3 is 2.51 bits per heavy atom. The Morgan fingerprint density at radius 2 is 1.83 bits per heavy atom. The van der Waals surface area contributed by atoms with E-state index in [-0.39, 0.29) is 5.91 Å². The largest absolute Gasteiger partial charge is 0.490 e. The van der Waals surface area contributed by atoms with Crippen molar-refractivity contribution in [3.63, 3.8) is 0 Å². The van der Waals surface area contributed by atoms with Crippen molar-refractivity contribution in [1.82, 2.24) is 0 Å².